The summed E-state index contributed by atoms with van der Waals surface area (Å²) in [5, 5.41) is 6.89. The van der Waals surface area contributed by atoms with Crippen molar-refractivity contribution in [3.63, 3.8) is 0 Å². The molecule has 0 bridgehead atoms. The largest absolute Gasteiger partial charge is 0.368 e. The van der Waals surface area contributed by atoms with Crippen molar-refractivity contribution in [2.75, 3.05) is 36.4 Å². The summed E-state index contributed by atoms with van der Waals surface area (Å²) in [6, 6.07) is 12.9. The third kappa shape index (κ3) is 3.31. The number of piperazine rings is 1. The lowest BCUT2D eigenvalue weighted by molar-refractivity contribution is 0.589. The van der Waals surface area contributed by atoms with Crippen LogP contribution in [-0.2, 0) is 6.54 Å². The Morgan fingerprint density at radius 1 is 1.03 bits per heavy atom. The van der Waals surface area contributed by atoms with Crippen LogP contribution in [0.25, 0.3) is 16.8 Å². The lowest BCUT2D eigenvalue weighted by Crippen LogP contribution is -2.43. The van der Waals surface area contributed by atoms with E-state index < -0.39 is 0 Å². The highest BCUT2D eigenvalue weighted by atomic mass is 15.2. The molecule has 2 aliphatic heterocycles. The maximum absolute atomic E-state index is 4.69. The van der Waals surface area contributed by atoms with Gasteiger partial charge in [-0.05, 0) is 47.9 Å². The number of anilines is 3. The second kappa shape index (κ2) is 7.76. The highest BCUT2D eigenvalue weighted by molar-refractivity contribution is 5.87. The summed E-state index contributed by atoms with van der Waals surface area (Å²) in [6.07, 6.45) is 7.76. The first-order chi connectivity index (χ1) is 15.8. The van der Waals surface area contributed by atoms with Gasteiger partial charge in [-0.1, -0.05) is 12.1 Å². The van der Waals surface area contributed by atoms with Gasteiger partial charge in [0.2, 0.25) is 0 Å². The van der Waals surface area contributed by atoms with Crippen molar-refractivity contribution in [1.29, 1.82) is 0 Å². The van der Waals surface area contributed by atoms with Crippen molar-refractivity contribution in [3.8, 4) is 11.1 Å². The molecule has 1 saturated heterocycles. The summed E-state index contributed by atoms with van der Waals surface area (Å²) in [5.41, 5.74) is 8.99. The van der Waals surface area contributed by atoms with E-state index in [4.69, 9.17) is 0 Å². The van der Waals surface area contributed by atoms with Crippen molar-refractivity contribution in [2.45, 2.75) is 13.5 Å². The Morgan fingerprint density at radius 3 is 2.78 bits per heavy atom. The van der Waals surface area contributed by atoms with Crippen molar-refractivity contribution >= 4 is 29.1 Å². The van der Waals surface area contributed by atoms with Gasteiger partial charge in [0.1, 0.15) is 5.82 Å². The highest BCUT2D eigenvalue weighted by Crippen LogP contribution is 2.33. The van der Waals surface area contributed by atoms with Crippen LogP contribution in [0.2, 0.25) is 0 Å². The molecule has 2 aliphatic rings. The summed E-state index contributed by atoms with van der Waals surface area (Å²) < 4.78 is 2.14. The number of rotatable bonds is 4. The fourth-order valence-corrected chi connectivity index (χ4v) is 4.59. The van der Waals surface area contributed by atoms with Crippen LogP contribution in [0.1, 0.15) is 16.8 Å². The Morgan fingerprint density at radius 2 is 1.94 bits per heavy atom. The summed E-state index contributed by atoms with van der Waals surface area (Å²) in [4.78, 5) is 16.0. The van der Waals surface area contributed by atoms with E-state index in [-0.39, 0.29) is 0 Å². The Kier molecular flexibility index (Phi) is 4.61. The Labute approximate surface area is 186 Å². The lowest BCUT2D eigenvalue weighted by Gasteiger charge is -2.29. The van der Waals surface area contributed by atoms with E-state index in [1.54, 1.807) is 0 Å². The Hall–Kier alpha value is -3.71. The molecular formula is C25H25N7. The molecule has 0 saturated carbocycles. The van der Waals surface area contributed by atoms with E-state index in [0.717, 1.165) is 61.3 Å². The molecule has 160 valence electrons. The first-order valence-corrected chi connectivity index (χ1v) is 11.0. The second-order valence-corrected chi connectivity index (χ2v) is 8.33. The van der Waals surface area contributed by atoms with Crippen LogP contribution >= 0.6 is 0 Å². The quantitative estimate of drug-likeness (QED) is 0.523. The number of imidazole rings is 1. The van der Waals surface area contributed by atoms with Crippen LogP contribution < -0.4 is 15.5 Å². The summed E-state index contributed by atoms with van der Waals surface area (Å²) >= 11 is 0. The number of fused-ring (bicyclic) bond motifs is 2. The van der Waals surface area contributed by atoms with Crippen molar-refractivity contribution in [2.24, 2.45) is 4.99 Å². The van der Waals surface area contributed by atoms with E-state index in [0.29, 0.717) is 0 Å². The predicted octanol–water partition coefficient (Wildman–Crippen LogP) is 3.79. The average molecular weight is 424 g/mol. The molecule has 0 atom stereocenters. The summed E-state index contributed by atoms with van der Waals surface area (Å²) in [6.45, 7) is 6.94. The number of aryl methyl sites for hydroxylation is 1. The maximum Gasteiger partial charge on any atom is 0.160 e. The molecule has 0 unspecified atom stereocenters. The van der Waals surface area contributed by atoms with Gasteiger partial charge in [-0.15, -0.1) is 0 Å². The molecular weight excluding hydrogens is 398 g/mol. The fourth-order valence-electron chi connectivity index (χ4n) is 4.59. The zero-order valence-corrected chi connectivity index (χ0v) is 18.0. The second-order valence-electron chi connectivity index (χ2n) is 8.33. The molecule has 7 heteroatoms. The number of hydrogen-bond acceptors (Lipinski definition) is 6. The number of aliphatic imine (C=N–C) groups is 1. The van der Waals surface area contributed by atoms with Gasteiger partial charge in [-0.25, -0.2) is 9.97 Å². The van der Waals surface area contributed by atoms with Crippen LogP contribution in [0.4, 0.5) is 17.2 Å². The molecule has 32 heavy (non-hydrogen) atoms. The van der Waals surface area contributed by atoms with E-state index in [2.05, 4.69) is 72.2 Å². The standard InChI is InChI=1S/C25H25N7/c1-17-22(18-2-3-19-14-27-15-20(19)12-18)13-23(25-28-8-11-32(17)25)30-24-5-4-21(16-29-24)31-9-6-26-7-10-31/h2-5,8,11-14,16,26H,6-7,9-10,15H2,1H3,(H,29,30). The maximum atomic E-state index is 4.69. The van der Waals surface area contributed by atoms with Gasteiger partial charge in [0.25, 0.3) is 0 Å². The molecule has 4 aromatic rings. The Balaban J connectivity index is 1.35. The fraction of sp³-hybridized carbons (Fsp3) is 0.240. The zero-order chi connectivity index (χ0) is 21.5. The SMILES string of the molecule is Cc1c(-c2ccc3c(c2)CN=C3)cc(Nc2ccc(N3CCNCC3)cn2)c2nccn12. The van der Waals surface area contributed by atoms with Crippen molar-refractivity contribution in [3.05, 3.63) is 71.8 Å². The molecule has 1 fully saturated rings. The third-order valence-corrected chi connectivity index (χ3v) is 6.36. The molecule has 7 nitrogen and oxygen atoms in total. The molecule has 0 amide bonds. The molecule has 1 aromatic carbocycles. The van der Waals surface area contributed by atoms with Gasteiger partial charge < -0.3 is 19.9 Å². The van der Waals surface area contributed by atoms with Crippen molar-refractivity contribution in [1.82, 2.24) is 19.7 Å². The number of nitrogens with one attached hydrogen (secondary N) is 2. The normalized spacial score (nSPS) is 15.3. The molecule has 0 radical (unpaired) electrons. The smallest absolute Gasteiger partial charge is 0.160 e. The van der Waals surface area contributed by atoms with E-state index in [1.165, 1.54) is 22.3 Å². The zero-order valence-electron chi connectivity index (χ0n) is 18.0. The van der Waals surface area contributed by atoms with Gasteiger partial charge in [-0.3, -0.25) is 4.99 Å². The first-order valence-electron chi connectivity index (χ1n) is 11.0. The minimum absolute atomic E-state index is 0.754. The van der Waals surface area contributed by atoms with E-state index in [9.17, 15) is 0 Å². The predicted molar refractivity (Wildman–Crippen MR) is 129 cm³/mol. The van der Waals surface area contributed by atoms with Gasteiger partial charge in [0, 0.05) is 56.0 Å². The number of hydrogen-bond donors (Lipinski definition) is 2. The van der Waals surface area contributed by atoms with Crippen LogP contribution in [0.15, 0.2) is 60.0 Å². The van der Waals surface area contributed by atoms with Gasteiger partial charge >= 0.3 is 0 Å². The molecule has 5 heterocycles. The lowest BCUT2D eigenvalue weighted by atomic mass is 9.99. The number of nitrogens with zero attached hydrogens (tertiary/aromatic N) is 5. The highest BCUT2D eigenvalue weighted by Gasteiger charge is 2.15. The minimum Gasteiger partial charge on any atom is -0.368 e. The first kappa shape index (κ1) is 19.0. The topological polar surface area (TPSA) is 69.8 Å². The van der Waals surface area contributed by atoms with Gasteiger partial charge in [0.05, 0.1) is 24.1 Å². The van der Waals surface area contributed by atoms with Gasteiger partial charge in [0.15, 0.2) is 5.65 Å². The molecule has 3 aromatic heterocycles. The Bertz CT molecular complexity index is 1310. The van der Waals surface area contributed by atoms with Crippen LogP contribution in [0, 0.1) is 6.92 Å². The molecule has 6 rings (SSSR count). The monoisotopic (exact) mass is 423 g/mol. The number of aromatic nitrogens is 3. The van der Waals surface area contributed by atoms with Crippen LogP contribution in [0.5, 0.6) is 0 Å². The molecule has 0 aliphatic carbocycles. The van der Waals surface area contributed by atoms with Gasteiger partial charge in [-0.2, -0.15) is 0 Å². The van der Waals surface area contributed by atoms with Crippen molar-refractivity contribution < 1.29 is 0 Å². The number of pyridine rings is 2. The molecule has 2 N–H and O–H groups in total. The van der Waals surface area contributed by atoms with Crippen LogP contribution in [0.3, 0.4) is 0 Å². The average Bonchev–Trinajstić information content (AvgIpc) is 3.52. The van der Waals surface area contributed by atoms with E-state index >= 15 is 0 Å². The minimum atomic E-state index is 0.754. The third-order valence-electron chi connectivity index (χ3n) is 6.36. The molecule has 0 spiro atoms. The van der Waals surface area contributed by atoms with E-state index in [1.807, 2.05) is 30.9 Å². The van der Waals surface area contributed by atoms with Crippen LogP contribution in [-0.4, -0.2) is 46.8 Å². The summed E-state index contributed by atoms with van der Waals surface area (Å²) in [7, 11) is 0. The number of benzene rings is 1. The summed E-state index contributed by atoms with van der Waals surface area (Å²) in [5.74, 6) is 0.811.